The van der Waals surface area contributed by atoms with Gasteiger partial charge in [0, 0.05) is 20.1 Å². The molecule has 0 saturated carbocycles. The second-order valence-electron chi connectivity index (χ2n) is 4.57. The van der Waals surface area contributed by atoms with Crippen molar-refractivity contribution in [3.63, 3.8) is 0 Å². The van der Waals surface area contributed by atoms with E-state index in [0.717, 1.165) is 10.1 Å². The Bertz CT molecular complexity index is 892. The zero-order valence-corrected chi connectivity index (χ0v) is 14.1. The minimum Gasteiger partial charge on any atom is -0.397 e. The van der Waals surface area contributed by atoms with Crippen LogP contribution < -0.4 is 11.1 Å². The van der Waals surface area contributed by atoms with E-state index in [1.807, 2.05) is 0 Å². The molecule has 0 fully saturated rings. The molecule has 1 heterocycles. The molecule has 3 rings (SSSR count). The number of nitrogens with two attached hydrogens (primary N) is 1. The molecule has 0 aliphatic carbocycles. The number of fused-ring (bicyclic) bond motifs is 1. The van der Waals surface area contributed by atoms with Gasteiger partial charge in [0.15, 0.2) is 0 Å². The Morgan fingerprint density at radius 2 is 1.73 bits per heavy atom. The summed E-state index contributed by atoms with van der Waals surface area (Å²) in [4.78, 5) is 12.8. The van der Waals surface area contributed by atoms with Crippen LogP contribution in [0, 0.1) is 0 Å². The third-order valence-electron chi connectivity index (χ3n) is 3.06. The molecule has 3 N–H and O–H groups in total. The summed E-state index contributed by atoms with van der Waals surface area (Å²) < 4.78 is 0.853. The van der Waals surface area contributed by atoms with Crippen LogP contribution in [-0.4, -0.2) is 5.91 Å². The second kappa shape index (κ2) is 5.97. The summed E-state index contributed by atoms with van der Waals surface area (Å²) in [5.41, 5.74) is 6.71. The minimum absolute atomic E-state index is 0.323. The average molecular weight is 372 g/mol. The van der Waals surface area contributed by atoms with Gasteiger partial charge >= 0.3 is 0 Å². The Hall–Kier alpha value is -1.46. The zero-order chi connectivity index (χ0) is 15.9. The minimum atomic E-state index is -0.323. The Morgan fingerprint density at radius 3 is 2.45 bits per heavy atom. The van der Waals surface area contributed by atoms with Crippen LogP contribution in [0.4, 0.5) is 11.4 Å². The lowest BCUT2D eigenvalue weighted by molar-refractivity contribution is 0.103. The van der Waals surface area contributed by atoms with Crippen LogP contribution in [0.15, 0.2) is 36.4 Å². The molecule has 22 heavy (non-hydrogen) atoms. The van der Waals surface area contributed by atoms with Crippen molar-refractivity contribution in [2.75, 3.05) is 11.1 Å². The van der Waals surface area contributed by atoms with Crippen molar-refractivity contribution in [3.05, 3.63) is 56.3 Å². The second-order valence-corrected chi connectivity index (χ2v) is 6.87. The smallest absolute Gasteiger partial charge is 0.267 e. The molecule has 0 aliphatic heterocycles. The summed E-state index contributed by atoms with van der Waals surface area (Å²) in [6.45, 7) is 0. The molecule has 0 spiro atoms. The SMILES string of the molecule is Nc1cc(Cl)ccc1NC(=O)c1sc2cc(Cl)ccc2c1Cl. The maximum absolute atomic E-state index is 12.4. The largest absolute Gasteiger partial charge is 0.397 e. The van der Waals surface area contributed by atoms with E-state index < -0.39 is 0 Å². The van der Waals surface area contributed by atoms with Crippen LogP contribution in [-0.2, 0) is 0 Å². The van der Waals surface area contributed by atoms with Crippen molar-refractivity contribution in [1.82, 2.24) is 0 Å². The van der Waals surface area contributed by atoms with Crippen LogP contribution >= 0.6 is 46.1 Å². The number of hydrogen-bond donors (Lipinski definition) is 2. The predicted molar refractivity (Wildman–Crippen MR) is 95.7 cm³/mol. The Balaban J connectivity index is 1.97. The van der Waals surface area contributed by atoms with E-state index >= 15 is 0 Å². The first-order valence-corrected chi connectivity index (χ1v) is 8.14. The van der Waals surface area contributed by atoms with Crippen LogP contribution in [0.5, 0.6) is 0 Å². The summed E-state index contributed by atoms with van der Waals surface area (Å²) in [6, 6.07) is 10.2. The molecule has 3 nitrogen and oxygen atoms in total. The molecule has 112 valence electrons. The molecule has 0 bridgehead atoms. The number of nitrogen functional groups attached to an aromatic ring is 1. The summed E-state index contributed by atoms with van der Waals surface area (Å²) in [7, 11) is 0. The first kappa shape index (κ1) is 15.4. The summed E-state index contributed by atoms with van der Waals surface area (Å²) in [5, 5.41) is 5.04. The molecule has 0 unspecified atom stereocenters. The summed E-state index contributed by atoms with van der Waals surface area (Å²) in [6.07, 6.45) is 0. The van der Waals surface area contributed by atoms with Gasteiger partial charge in [-0.1, -0.05) is 40.9 Å². The number of thiophene rings is 1. The lowest BCUT2D eigenvalue weighted by atomic mass is 10.2. The van der Waals surface area contributed by atoms with Gasteiger partial charge in [-0.3, -0.25) is 4.79 Å². The quantitative estimate of drug-likeness (QED) is 0.568. The van der Waals surface area contributed by atoms with Crippen molar-refractivity contribution >= 4 is 73.5 Å². The third kappa shape index (κ3) is 2.88. The molecule has 1 amide bonds. The molecule has 1 aromatic heterocycles. The number of hydrogen-bond acceptors (Lipinski definition) is 3. The highest BCUT2D eigenvalue weighted by atomic mass is 35.5. The van der Waals surface area contributed by atoms with Gasteiger partial charge in [0.25, 0.3) is 5.91 Å². The zero-order valence-electron chi connectivity index (χ0n) is 11.0. The fourth-order valence-electron chi connectivity index (χ4n) is 2.01. The Morgan fingerprint density at radius 1 is 1.05 bits per heavy atom. The van der Waals surface area contributed by atoms with Crippen LogP contribution in [0.1, 0.15) is 9.67 Å². The molecule has 0 saturated heterocycles. The first-order chi connectivity index (χ1) is 10.5. The summed E-state index contributed by atoms with van der Waals surface area (Å²) in [5.74, 6) is -0.323. The highest BCUT2D eigenvalue weighted by Crippen LogP contribution is 2.37. The number of benzene rings is 2. The predicted octanol–water partition coefficient (Wildman–Crippen LogP) is 5.70. The molecule has 0 radical (unpaired) electrons. The molecule has 2 aromatic carbocycles. The molecule has 7 heteroatoms. The maximum Gasteiger partial charge on any atom is 0.267 e. The number of amides is 1. The number of rotatable bonds is 2. The van der Waals surface area contributed by atoms with Crippen molar-refractivity contribution in [2.24, 2.45) is 0 Å². The van der Waals surface area contributed by atoms with Gasteiger partial charge in [0.05, 0.1) is 16.4 Å². The van der Waals surface area contributed by atoms with Gasteiger partial charge in [-0.15, -0.1) is 11.3 Å². The normalized spacial score (nSPS) is 10.9. The van der Waals surface area contributed by atoms with E-state index in [4.69, 9.17) is 40.5 Å². The molecule has 3 aromatic rings. The maximum atomic E-state index is 12.4. The average Bonchev–Trinajstić information content (AvgIpc) is 2.78. The van der Waals surface area contributed by atoms with E-state index in [-0.39, 0.29) is 5.91 Å². The van der Waals surface area contributed by atoms with E-state index in [2.05, 4.69) is 5.32 Å². The van der Waals surface area contributed by atoms with E-state index in [1.54, 1.807) is 36.4 Å². The summed E-state index contributed by atoms with van der Waals surface area (Å²) >= 11 is 19.4. The lowest BCUT2D eigenvalue weighted by Crippen LogP contribution is -2.12. The van der Waals surface area contributed by atoms with Crippen LogP contribution in [0.25, 0.3) is 10.1 Å². The van der Waals surface area contributed by atoms with E-state index in [9.17, 15) is 4.79 Å². The standard InChI is InChI=1S/C15H9Cl3N2OS/c16-7-2-4-11(10(19)5-7)20-15(21)14-13(18)9-3-1-8(17)6-12(9)22-14/h1-6H,19H2,(H,20,21). The molecule has 0 aliphatic rings. The van der Waals surface area contributed by atoms with Crippen molar-refractivity contribution in [2.45, 2.75) is 0 Å². The Kier molecular flexibility index (Phi) is 4.19. The lowest BCUT2D eigenvalue weighted by Gasteiger charge is -2.07. The monoisotopic (exact) mass is 370 g/mol. The van der Waals surface area contributed by atoms with Crippen molar-refractivity contribution < 1.29 is 4.79 Å². The highest BCUT2D eigenvalue weighted by Gasteiger charge is 2.18. The van der Waals surface area contributed by atoms with Gasteiger partial charge < -0.3 is 11.1 Å². The van der Waals surface area contributed by atoms with Gasteiger partial charge in [-0.2, -0.15) is 0 Å². The highest BCUT2D eigenvalue weighted by molar-refractivity contribution is 7.21. The van der Waals surface area contributed by atoms with Crippen molar-refractivity contribution in [3.8, 4) is 0 Å². The number of anilines is 2. The fraction of sp³-hybridized carbons (Fsp3) is 0. The van der Waals surface area contributed by atoms with Gasteiger partial charge in [-0.25, -0.2) is 0 Å². The molecule has 0 atom stereocenters. The Labute approximate surface area is 145 Å². The van der Waals surface area contributed by atoms with E-state index in [1.165, 1.54) is 11.3 Å². The van der Waals surface area contributed by atoms with Gasteiger partial charge in [0.1, 0.15) is 4.88 Å². The topological polar surface area (TPSA) is 55.1 Å². The van der Waals surface area contributed by atoms with Crippen molar-refractivity contribution in [1.29, 1.82) is 0 Å². The number of halogens is 3. The first-order valence-electron chi connectivity index (χ1n) is 6.19. The third-order valence-corrected chi connectivity index (χ3v) is 5.19. The van der Waals surface area contributed by atoms with Crippen LogP contribution in [0.2, 0.25) is 15.1 Å². The van der Waals surface area contributed by atoms with Crippen LogP contribution in [0.3, 0.4) is 0 Å². The van der Waals surface area contributed by atoms with Gasteiger partial charge in [0.2, 0.25) is 0 Å². The van der Waals surface area contributed by atoms with E-state index in [0.29, 0.717) is 31.3 Å². The number of carbonyl (C=O) groups excluding carboxylic acids is 1. The molecular weight excluding hydrogens is 363 g/mol. The number of carbonyl (C=O) groups is 1. The number of nitrogens with one attached hydrogen (secondary N) is 1. The fourth-order valence-corrected chi connectivity index (χ4v) is 3.88. The molecular formula is C15H9Cl3N2OS. The van der Waals surface area contributed by atoms with Gasteiger partial charge in [-0.05, 0) is 30.3 Å².